The molecule has 0 unspecified atom stereocenters. The molecule has 0 fully saturated rings. The van der Waals surface area contributed by atoms with Gasteiger partial charge in [-0.2, -0.15) is 0 Å². The minimum atomic E-state index is 0.623. The molecular weight excluding hydrogens is 526 g/mol. The van der Waals surface area contributed by atoms with Crippen LogP contribution in [0, 0.1) is 0 Å². The molecule has 0 bridgehead atoms. The van der Waals surface area contributed by atoms with Gasteiger partial charge in [-0.1, -0.05) is 146 Å². The first-order valence-corrected chi connectivity index (χ1v) is 14.3. The zero-order valence-corrected chi connectivity index (χ0v) is 23.2. The Hall–Kier alpha value is -5.87. The summed E-state index contributed by atoms with van der Waals surface area (Å²) in [4.78, 5) is 14.7. The summed E-state index contributed by atoms with van der Waals surface area (Å²) in [6.45, 7) is 0. The molecule has 0 radical (unpaired) electrons. The standard InChI is InChI=1S/C39H25N3O/c1-4-13-26(14-5-1)31-21-11-23-33-34-24-12-22-32(36(34)43-35(31)33)29-19-10-20-30(25-29)39-41-37(27-15-6-2-7-16-27)40-38(42-39)28-17-8-3-9-18-28/h1-25H. The van der Waals surface area contributed by atoms with Crippen LogP contribution in [0.1, 0.15) is 0 Å². The molecule has 6 aromatic carbocycles. The normalized spacial score (nSPS) is 11.3. The lowest BCUT2D eigenvalue weighted by molar-refractivity contribution is 0.671. The quantitative estimate of drug-likeness (QED) is 0.214. The highest BCUT2D eigenvalue weighted by molar-refractivity contribution is 6.13. The van der Waals surface area contributed by atoms with E-state index < -0.39 is 0 Å². The second-order valence-electron chi connectivity index (χ2n) is 10.5. The third-order valence-electron chi connectivity index (χ3n) is 7.74. The number of rotatable bonds is 5. The van der Waals surface area contributed by atoms with Gasteiger partial charge in [-0.15, -0.1) is 0 Å². The average molecular weight is 552 g/mol. The lowest BCUT2D eigenvalue weighted by Crippen LogP contribution is -2.00. The van der Waals surface area contributed by atoms with Gasteiger partial charge in [0.15, 0.2) is 17.5 Å². The molecule has 0 aliphatic heterocycles. The number of hydrogen-bond donors (Lipinski definition) is 0. The molecule has 2 aromatic heterocycles. The van der Waals surface area contributed by atoms with Gasteiger partial charge in [0.1, 0.15) is 11.2 Å². The van der Waals surface area contributed by atoms with Crippen molar-refractivity contribution in [1.29, 1.82) is 0 Å². The summed E-state index contributed by atoms with van der Waals surface area (Å²) < 4.78 is 6.68. The van der Waals surface area contributed by atoms with Crippen LogP contribution in [0.15, 0.2) is 156 Å². The van der Waals surface area contributed by atoms with Crippen molar-refractivity contribution in [3.8, 4) is 56.4 Å². The first-order valence-electron chi connectivity index (χ1n) is 14.3. The molecule has 8 rings (SSSR count). The molecule has 0 saturated carbocycles. The highest BCUT2D eigenvalue weighted by Gasteiger charge is 2.17. The van der Waals surface area contributed by atoms with Gasteiger partial charge in [0.05, 0.1) is 0 Å². The third-order valence-corrected chi connectivity index (χ3v) is 7.74. The Morgan fingerprint density at radius 1 is 0.326 bits per heavy atom. The Morgan fingerprint density at radius 2 is 0.721 bits per heavy atom. The molecule has 0 spiro atoms. The summed E-state index contributed by atoms with van der Waals surface area (Å²) in [5, 5.41) is 2.19. The molecule has 0 aliphatic carbocycles. The fourth-order valence-electron chi connectivity index (χ4n) is 5.66. The zero-order valence-electron chi connectivity index (χ0n) is 23.2. The molecule has 0 N–H and O–H groups in total. The van der Waals surface area contributed by atoms with E-state index in [2.05, 4.69) is 84.9 Å². The van der Waals surface area contributed by atoms with Gasteiger partial charge in [-0.3, -0.25) is 0 Å². The van der Waals surface area contributed by atoms with Crippen LogP contribution in [0.5, 0.6) is 0 Å². The minimum absolute atomic E-state index is 0.623. The number of aromatic nitrogens is 3. The zero-order chi connectivity index (χ0) is 28.6. The van der Waals surface area contributed by atoms with E-state index in [0.717, 1.165) is 60.9 Å². The van der Waals surface area contributed by atoms with Gasteiger partial charge in [0.25, 0.3) is 0 Å². The van der Waals surface area contributed by atoms with Gasteiger partial charge in [-0.25, -0.2) is 15.0 Å². The predicted molar refractivity (Wildman–Crippen MR) is 174 cm³/mol. The van der Waals surface area contributed by atoms with Crippen molar-refractivity contribution in [2.24, 2.45) is 0 Å². The molecule has 0 saturated heterocycles. The van der Waals surface area contributed by atoms with E-state index in [1.165, 1.54) is 0 Å². The van der Waals surface area contributed by atoms with Crippen LogP contribution < -0.4 is 0 Å². The summed E-state index contributed by atoms with van der Waals surface area (Å²) in [6, 6.07) is 51.5. The molecule has 0 aliphatic rings. The number of fused-ring (bicyclic) bond motifs is 3. The second kappa shape index (κ2) is 10.5. The van der Waals surface area contributed by atoms with Crippen LogP contribution in [-0.2, 0) is 0 Å². The molecule has 8 aromatic rings. The van der Waals surface area contributed by atoms with Crippen molar-refractivity contribution >= 4 is 21.9 Å². The Kier molecular flexibility index (Phi) is 6.08. The maximum Gasteiger partial charge on any atom is 0.164 e. The maximum absolute atomic E-state index is 6.68. The largest absolute Gasteiger partial charge is 0.455 e. The molecule has 43 heavy (non-hydrogen) atoms. The van der Waals surface area contributed by atoms with Gasteiger partial charge >= 0.3 is 0 Å². The number of hydrogen-bond acceptors (Lipinski definition) is 4. The van der Waals surface area contributed by atoms with E-state index in [0.29, 0.717) is 17.5 Å². The van der Waals surface area contributed by atoms with Crippen LogP contribution in [-0.4, -0.2) is 15.0 Å². The Morgan fingerprint density at radius 3 is 1.26 bits per heavy atom. The fraction of sp³-hybridized carbons (Fsp3) is 0. The monoisotopic (exact) mass is 551 g/mol. The summed E-state index contributed by atoms with van der Waals surface area (Å²) in [5.74, 6) is 1.91. The SMILES string of the molecule is c1ccc(-c2nc(-c3ccccc3)nc(-c3cccc(-c4cccc5c4oc4c(-c6ccccc6)cccc45)c3)n2)cc1. The number of furan rings is 1. The van der Waals surface area contributed by atoms with Crippen molar-refractivity contribution in [1.82, 2.24) is 15.0 Å². The predicted octanol–water partition coefficient (Wildman–Crippen LogP) is 10.1. The summed E-state index contributed by atoms with van der Waals surface area (Å²) in [5.41, 5.74) is 8.83. The molecular formula is C39H25N3O. The van der Waals surface area contributed by atoms with Crippen molar-refractivity contribution in [3.05, 3.63) is 152 Å². The molecule has 202 valence electrons. The molecule has 4 heteroatoms. The lowest BCUT2D eigenvalue weighted by Gasteiger charge is -2.10. The van der Waals surface area contributed by atoms with Crippen molar-refractivity contribution in [3.63, 3.8) is 0 Å². The highest BCUT2D eigenvalue weighted by Crippen LogP contribution is 2.40. The average Bonchev–Trinajstić information content (AvgIpc) is 3.48. The number of benzene rings is 6. The molecule has 2 heterocycles. The smallest absolute Gasteiger partial charge is 0.164 e. The number of para-hydroxylation sites is 2. The van der Waals surface area contributed by atoms with E-state index in [1.54, 1.807) is 0 Å². The topological polar surface area (TPSA) is 51.8 Å². The van der Waals surface area contributed by atoms with Crippen molar-refractivity contribution < 1.29 is 4.42 Å². The highest BCUT2D eigenvalue weighted by atomic mass is 16.3. The van der Waals surface area contributed by atoms with E-state index in [1.807, 2.05) is 66.7 Å². The van der Waals surface area contributed by atoms with Crippen LogP contribution in [0.2, 0.25) is 0 Å². The van der Waals surface area contributed by atoms with E-state index in [-0.39, 0.29) is 0 Å². The summed E-state index contributed by atoms with van der Waals surface area (Å²) in [6.07, 6.45) is 0. The Labute approximate surface area is 249 Å². The van der Waals surface area contributed by atoms with Crippen LogP contribution in [0.3, 0.4) is 0 Å². The van der Waals surface area contributed by atoms with Crippen LogP contribution >= 0.6 is 0 Å². The van der Waals surface area contributed by atoms with Gasteiger partial charge in [0.2, 0.25) is 0 Å². The van der Waals surface area contributed by atoms with Crippen molar-refractivity contribution in [2.45, 2.75) is 0 Å². The minimum Gasteiger partial charge on any atom is -0.455 e. The molecule has 0 atom stereocenters. The van der Waals surface area contributed by atoms with Crippen LogP contribution in [0.25, 0.3) is 78.4 Å². The van der Waals surface area contributed by atoms with E-state index in [9.17, 15) is 0 Å². The maximum atomic E-state index is 6.68. The summed E-state index contributed by atoms with van der Waals surface area (Å²) in [7, 11) is 0. The Balaban J connectivity index is 1.29. The van der Waals surface area contributed by atoms with E-state index in [4.69, 9.17) is 19.4 Å². The Bertz CT molecular complexity index is 2170. The molecule has 0 amide bonds. The summed E-state index contributed by atoms with van der Waals surface area (Å²) >= 11 is 0. The van der Waals surface area contributed by atoms with Gasteiger partial charge in [-0.05, 0) is 17.2 Å². The van der Waals surface area contributed by atoms with Gasteiger partial charge < -0.3 is 4.42 Å². The first-order chi connectivity index (χ1) is 21.3. The second-order valence-corrected chi connectivity index (χ2v) is 10.5. The lowest BCUT2D eigenvalue weighted by atomic mass is 9.99. The van der Waals surface area contributed by atoms with Crippen LogP contribution in [0.4, 0.5) is 0 Å². The first kappa shape index (κ1) is 24.9. The van der Waals surface area contributed by atoms with Crippen molar-refractivity contribution in [2.75, 3.05) is 0 Å². The van der Waals surface area contributed by atoms with Gasteiger partial charge in [0, 0.05) is 38.6 Å². The molecule has 4 nitrogen and oxygen atoms in total. The fourth-order valence-corrected chi connectivity index (χ4v) is 5.66. The van der Waals surface area contributed by atoms with E-state index >= 15 is 0 Å². The third kappa shape index (κ3) is 4.55. The number of nitrogens with zero attached hydrogens (tertiary/aromatic N) is 3.